The van der Waals surface area contributed by atoms with Crippen LogP contribution in [0.4, 0.5) is 18.9 Å². The Morgan fingerprint density at radius 2 is 2.11 bits per heavy atom. The van der Waals surface area contributed by atoms with Gasteiger partial charge in [-0.1, -0.05) is 6.07 Å². The van der Waals surface area contributed by atoms with Crippen LogP contribution in [-0.4, -0.2) is 23.2 Å². The van der Waals surface area contributed by atoms with Gasteiger partial charge in [-0.15, -0.1) is 0 Å². The van der Waals surface area contributed by atoms with Gasteiger partial charge in [-0.2, -0.15) is 23.4 Å². The molecule has 0 amide bonds. The minimum atomic E-state index is -4.40. The van der Waals surface area contributed by atoms with E-state index in [-0.39, 0.29) is 5.69 Å². The fraction of sp³-hybridized carbons (Fsp3) is 0.200. The lowest BCUT2D eigenvalue weighted by molar-refractivity contribution is -0.137. The lowest BCUT2D eigenvalue weighted by atomic mass is 10.2. The molecule has 1 aliphatic rings. The van der Waals surface area contributed by atoms with Crippen molar-refractivity contribution in [1.82, 2.24) is 5.12 Å². The van der Waals surface area contributed by atoms with Crippen molar-refractivity contribution in [3.8, 4) is 0 Å². The van der Waals surface area contributed by atoms with E-state index in [0.717, 1.165) is 17.3 Å². The Morgan fingerprint density at radius 1 is 1.37 bits per heavy atom. The van der Waals surface area contributed by atoms with Gasteiger partial charge in [0.1, 0.15) is 5.71 Å². The van der Waals surface area contributed by atoms with Gasteiger partial charge in [0.25, 0.3) is 0 Å². The van der Waals surface area contributed by atoms with Crippen molar-refractivity contribution < 1.29 is 13.2 Å². The highest BCUT2D eigenvalue weighted by atomic mass is 19.4. The van der Waals surface area contributed by atoms with Crippen LogP contribution in [-0.2, 0) is 6.18 Å². The van der Waals surface area contributed by atoms with Gasteiger partial charge in [-0.25, -0.2) is 11.0 Å². The second-order valence-electron chi connectivity index (χ2n) is 3.80. The lowest BCUT2D eigenvalue weighted by Crippen LogP contribution is -2.44. The van der Waals surface area contributed by atoms with Crippen LogP contribution < -0.4 is 17.0 Å². The summed E-state index contributed by atoms with van der Waals surface area (Å²) < 4.78 is 37.5. The third-order valence-corrected chi connectivity index (χ3v) is 2.42. The van der Waals surface area contributed by atoms with Gasteiger partial charge in [0.05, 0.1) is 17.5 Å². The Labute approximate surface area is 106 Å². The summed E-state index contributed by atoms with van der Waals surface area (Å²) in [6, 6.07) is 4.66. The summed E-state index contributed by atoms with van der Waals surface area (Å²) in [5.74, 6) is 5.37. The topological polar surface area (TPSA) is 92.0 Å². The Balaban J connectivity index is 2.13. The Bertz CT molecular complexity index is 524. The maximum Gasteiger partial charge on any atom is 0.416 e. The molecular weight excluding hydrogens is 261 g/mol. The minimum Gasteiger partial charge on any atom is -0.303 e. The molecule has 1 unspecified atom stereocenters. The maximum absolute atomic E-state index is 12.5. The first kappa shape index (κ1) is 13.3. The molecule has 1 atom stereocenters. The number of hydrogen-bond donors (Lipinski definition) is 3. The van der Waals surface area contributed by atoms with Gasteiger partial charge in [-0.3, -0.25) is 5.43 Å². The van der Waals surface area contributed by atoms with Gasteiger partial charge in [0.15, 0.2) is 6.17 Å². The zero-order valence-electron chi connectivity index (χ0n) is 9.59. The molecule has 6 nitrogen and oxygen atoms in total. The lowest BCUT2D eigenvalue weighted by Gasteiger charge is -2.13. The molecule has 102 valence electrons. The Morgan fingerprint density at radius 3 is 2.68 bits per heavy atom. The number of nitrogens with zero attached hydrogens (tertiary/aromatic N) is 3. The van der Waals surface area contributed by atoms with E-state index in [9.17, 15) is 13.2 Å². The maximum atomic E-state index is 12.5. The molecule has 0 radical (unpaired) electrons. The van der Waals surface area contributed by atoms with Crippen LogP contribution in [0, 0.1) is 0 Å². The second-order valence-corrected chi connectivity index (χ2v) is 3.80. The largest absolute Gasteiger partial charge is 0.416 e. The van der Waals surface area contributed by atoms with Crippen LogP contribution in [0.15, 0.2) is 34.5 Å². The smallest absolute Gasteiger partial charge is 0.303 e. The monoisotopic (exact) mass is 272 g/mol. The quantitative estimate of drug-likeness (QED) is 0.551. The standard InChI is InChI=1S/C10H11F3N6/c11-10(12,13)6-2-1-3-7(4-6)17-18-8-5-16-19(15)9(8)14/h1-5,9,17H,14-15H2. The average Bonchev–Trinajstić information content (AvgIpc) is 2.67. The van der Waals surface area contributed by atoms with Crippen molar-refractivity contribution in [2.24, 2.45) is 21.8 Å². The van der Waals surface area contributed by atoms with Crippen LogP contribution in [0.25, 0.3) is 0 Å². The summed E-state index contributed by atoms with van der Waals surface area (Å²) in [6.45, 7) is 0. The summed E-state index contributed by atoms with van der Waals surface area (Å²) >= 11 is 0. The summed E-state index contributed by atoms with van der Waals surface area (Å²) in [4.78, 5) is 0. The summed E-state index contributed by atoms with van der Waals surface area (Å²) in [5.41, 5.74) is 7.85. The van der Waals surface area contributed by atoms with Gasteiger partial charge < -0.3 is 5.73 Å². The van der Waals surface area contributed by atoms with Crippen LogP contribution in [0.2, 0.25) is 0 Å². The van der Waals surface area contributed by atoms with Gasteiger partial charge in [0, 0.05) is 0 Å². The van der Waals surface area contributed by atoms with E-state index in [2.05, 4.69) is 15.6 Å². The normalized spacial score (nSPS) is 21.2. The first-order valence-corrected chi connectivity index (χ1v) is 5.22. The predicted molar refractivity (Wildman–Crippen MR) is 65.0 cm³/mol. The molecule has 0 spiro atoms. The number of hydrogen-bond acceptors (Lipinski definition) is 6. The average molecular weight is 272 g/mol. The van der Waals surface area contributed by atoms with E-state index in [1.807, 2.05) is 0 Å². The molecular formula is C10H11F3N6. The molecule has 2 rings (SSSR count). The van der Waals surface area contributed by atoms with Gasteiger partial charge in [-0.05, 0) is 18.2 Å². The summed E-state index contributed by atoms with van der Waals surface area (Å²) in [7, 11) is 0. The van der Waals surface area contributed by atoms with Gasteiger partial charge in [0.2, 0.25) is 0 Å². The molecule has 19 heavy (non-hydrogen) atoms. The van der Waals surface area contributed by atoms with Crippen LogP contribution in [0.3, 0.4) is 0 Å². The summed E-state index contributed by atoms with van der Waals surface area (Å²) in [6.07, 6.45) is -3.80. The second kappa shape index (κ2) is 4.86. The fourth-order valence-electron chi connectivity index (χ4n) is 1.40. The SMILES string of the molecule is NC1C(=NNc2cccc(C(F)(F)F)c2)C=NN1N. The zero-order valence-corrected chi connectivity index (χ0v) is 9.59. The number of nitrogens with two attached hydrogens (primary N) is 2. The van der Waals surface area contributed by atoms with E-state index in [1.54, 1.807) is 0 Å². The first-order chi connectivity index (χ1) is 8.88. The number of nitrogens with one attached hydrogen (secondary N) is 1. The molecule has 0 aromatic heterocycles. The van der Waals surface area contributed by atoms with Crippen molar-refractivity contribution >= 4 is 17.6 Å². The van der Waals surface area contributed by atoms with E-state index in [0.29, 0.717) is 5.71 Å². The number of alkyl halides is 3. The van der Waals surface area contributed by atoms with Crippen molar-refractivity contribution in [3.63, 3.8) is 0 Å². The fourth-order valence-corrected chi connectivity index (χ4v) is 1.40. The number of rotatable bonds is 2. The summed E-state index contributed by atoms with van der Waals surface area (Å²) in [5, 5.41) is 8.52. The molecule has 0 saturated carbocycles. The third-order valence-electron chi connectivity index (χ3n) is 2.42. The first-order valence-electron chi connectivity index (χ1n) is 5.22. The van der Waals surface area contributed by atoms with E-state index >= 15 is 0 Å². The molecule has 1 aromatic rings. The van der Waals surface area contributed by atoms with Gasteiger partial charge >= 0.3 is 6.18 Å². The number of hydrazine groups is 1. The van der Waals surface area contributed by atoms with Crippen molar-refractivity contribution in [1.29, 1.82) is 0 Å². The van der Waals surface area contributed by atoms with Crippen LogP contribution in [0.5, 0.6) is 0 Å². The predicted octanol–water partition coefficient (Wildman–Crippen LogP) is 0.933. The highest BCUT2D eigenvalue weighted by Crippen LogP contribution is 2.30. The van der Waals surface area contributed by atoms with Crippen LogP contribution in [0.1, 0.15) is 5.56 Å². The minimum absolute atomic E-state index is 0.193. The molecule has 1 heterocycles. The molecule has 0 fully saturated rings. The molecule has 0 saturated heterocycles. The molecule has 1 aliphatic heterocycles. The molecule has 9 heteroatoms. The number of halogens is 3. The Kier molecular flexibility index (Phi) is 3.40. The van der Waals surface area contributed by atoms with Crippen molar-refractivity contribution in [2.75, 3.05) is 5.43 Å². The highest BCUT2D eigenvalue weighted by Gasteiger charge is 2.30. The highest BCUT2D eigenvalue weighted by molar-refractivity contribution is 6.34. The number of benzene rings is 1. The van der Waals surface area contributed by atoms with E-state index in [4.69, 9.17) is 11.6 Å². The molecule has 1 aromatic carbocycles. The number of hydrazone groups is 2. The number of anilines is 1. The van der Waals surface area contributed by atoms with E-state index < -0.39 is 17.9 Å². The Hall–Kier alpha value is -2.13. The molecule has 5 N–H and O–H groups in total. The third kappa shape index (κ3) is 3.01. The molecule has 0 bridgehead atoms. The van der Waals surface area contributed by atoms with E-state index in [1.165, 1.54) is 18.3 Å². The van der Waals surface area contributed by atoms with Crippen molar-refractivity contribution in [2.45, 2.75) is 12.3 Å². The van der Waals surface area contributed by atoms with Crippen molar-refractivity contribution in [3.05, 3.63) is 29.8 Å². The van der Waals surface area contributed by atoms with Crippen LogP contribution >= 0.6 is 0 Å². The molecule has 0 aliphatic carbocycles. The zero-order chi connectivity index (χ0) is 14.0.